The van der Waals surface area contributed by atoms with Crippen LogP contribution >= 0.6 is 0 Å². The summed E-state index contributed by atoms with van der Waals surface area (Å²) in [6, 6.07) is 4.09. The number of alkyl halides is 3. The van der Waals surface area contributed by atoms with E-state index in [9.17, 15) is 27.2 Å². The molecule has 0 aliphatic carbocycles. The van der Waals surface area contributed by atoms with Crippen molar-refractivity contribution in [3.8, 4) is 0 Å². The first-order valence-corrected chi connectivity index (χ1v) is 6.07. The van der Waals surface area contributed by atoms with Crippen molar-refractivity contribution in [1.29, 1.82) is 0 Å². The van der Waals surface area contributed by atoms with E-state index in [4.69, 9.17) is 0 Å². The van der Waals surface area contributed by atoms with E-state index in [1.165, 1.54) is 18.3 Å². The van der Waals surface area contributed by atoms with Crippen LogP contribution in [0.4, 0.5) is 17.6 Å². The molecule has 0 aliphatic heterocycles. The molecule has 0 saturated carbocycles. The zero-order chi connectivity index (χ0) is 17.0. The molecule has 0 bridgehead atoms. The maximum absolute atomic E-state index is 13.5. The van der Waals surface area contributed by atoms with Crippen molar-refractivity contribution >= 4 is 11.9 Å². The molecule has 1 aromatic carbocycles. The molecule has 0 radical (unpaired) electrons. The van der Waals surface area contributed by atoms with Gasteiger partial charge in [-0.25, -0.2) is 9.18 Å². The highest BCUT2D eigenvalue weighted by Gasteiger charge is 2.32. The monoisotopic (exact) mass is 328 g/mol. The van der Waals surface area contributed by atoms with Crippen molar-refractivity contribution < 1.29 is 32.0 Å². The van der Waals surface area contributed by atoms with Gasteiger partial charge in [-0.05, 0) is 30.3 Å². The van der Waals surface area contributed by atoms with Crippen LogP contribution in [0.1, 0.15) is 26.3 Å². The Morgan fingerprint density at radius 3 is 2.52 bits per heavy atom. The van der Waals surface area contributed by atoms with E-state index < -0.39 is 35.0 Å². The highest BCUT2D eigenvalue weighted by Crippen LogP contribution is 2.30. The van der Waals surface area contributed by atoms with Gasteiger partial charge in [-0.3, -0.25) is 9.78 Å². The van der Waals surface area contributed by atoms with Gasteiger partial charge in [0, 0.05) is 12.4 Å². The van der Waals surface area contributed by atoms with Crippen molar-refractivity contribution in [2.24, 2.45) is 0 Å². The van der Waals surface area contributed by atoms with Gasteiger partial charge >= 0.3 is 12.1 Å². The fourth-order valence-corrected chi connectivity index (χ4v) is 1.57. The molecule has 5 nitrogen and oxygen atoms in total. The maximum atomic E-state index is 13.5. The van der Waals surface area contributed by atoms with Crippen molar-refractivity contribution in [2.45, 2.75) is 6.18 Å². The lowest BCUT2D eigenvalue weighted by Gasteiger charge is -2.10. The molecule has 120 valence electrons. The predicted molar refractivity (Wildman–Crippen MR) is 68.5 cm³/mol. The van der Waals surface area contributed by atoms with Crippen molar-refractivity contribution in [1.82, 2.24) is 10.5 Å². The minimum atomic E-state index is -4.74. The molecule has 0 fully saturated rings. The lowest BCUT2D eigenvalue weighted by molar-refractivity contribution is -0.137. The van der Waals surface area contributed by atoms with Crippen LogP contribution in [0.25, 0.3) is 0 Å². The van der Waals surface area contributed by atoms with Crippen molar-refractivity contribution in [3.63, 3.8) is 0 Å². The average Bonchev–Trinajstić information content (AvgIpc) is 2.52. The number of halogens is 4. The number of nitrogens with one attached hydrogen (secondary N) is 1. The first-order chi connectivity index (χ1) is 10.8. The van der Waals surface area contributed by atoms with Crippen LogP contribution < -0.4 is 5.48 Å². The highest BCUT2D eigenvalue weighted by molar-refractivity contribution is 5.96. The molecule has 9 heteroatoms. The standard InChI is InChI=1S/C14H8F4N2O3/c15-11-4-3-9(14(16,17)18)6-10(11)12(21)20-23-13(22)8-2-1-5-19-7-8/h1-7H,(H,20,21). The topological polar surface area (TPSA) is 68.3 Å². The molecule has 23 heavy (non-hydrogen) atoms. The lowest BCUT2D eigenvalue weighted by atomic mass is 10.1. The number of hydrogen-bond acceptors (Lipinski definition) is 4. The normalized spacial score (nSPS) is 11.0. The number of hydrogen-bond donors (Lipinski definition) is 1. The Hall–Kier alpha value is -2.97. The van der Waals surface area contributed by atoms with E-state index in [0.717, 1.165) is 6.20 Å². The van der Waals surface area contributed by atoms with Crippen molar-refractivity contribution in [3.05, 3.63) is 65.2 Å². The van der Waals surface area contributed by atoms with Crippen LogP contribution in [0, 0.1) is 5.82 Å². The summed E-state index contributed by atoms with van der Waals surface area (Å²) in [6.07, 6.45) is -2.19. The molecular weight excluding hydrogens is 320 g/mol. The number of pyridine rings is 1. The maximum Gasteiger partial charge on any atom is 0.416 e. The molecule has 0 unspecified atom stereocenters. The van der Waals surface area contributed by atoms with Gasteiger partial charge in [0.2, 0.25) is 0 Å². The second kappa shape index (κ2) is 6.42. The summed E-state index contributed by atoms with van der Waals surface area (Å²) in [5.74, 6) is -3.52. The molecule has 1 amide bonds. The number of carbonyl (C=O) groups is 2. The van der Waals surface area contributed by atoms with Crippen LogP contribution in [0.3, 0.4) is 0 Å². The Kier molecular flexibility index (Phi) is 4.58. The minimum absolute atomic E-state index is 0.00249. The zero-order valence-electron chi connectivity index (χ0n) is 11.2. The van der Waals surface area contributed by atoms with E-state index in [2.05, 4.69) is 9.82 Å². The fraction of sp³-hybridized carbons (Fsp3) is 0.0714. The lowest BCUT2D eigenvalue weighted by Crippen LogP contribution is -2.28. The van der Waals surface area contributed by atoms with E-state index >= 15 is 0 Å². The Morgan fingerprint density at radius 1 is 1.17 bits per heavy atom. The second-order valence-electron chi connectivity index (χ2n) is 4.25. The number of nitrogens with zero attached hydrogens (tertiary/aromatic N) is 1. The fourth-order valence-electron chi connectivity index (χ4n) is 1.57. The van der Waals surface area contributed by atoms with Crippen LogP contribution in [-0.2, 0) is 11.0 Å². The van der Waals surface area contributed by atoms with Gasteiger partial charge in [0.1, 0.15) is 5.82 Å². The van der Waals surface area contributed by atoms with Crippen LogP contribution in [0.5, 0.6) is 0 Å². The van der Waals surface area contributed by atoms with Crippen LogP contribution in [0.2, 0.25) is 0 Å². The molecule has 1 aromatic heterocycles. The Morgan fingerprint density at radius 2 is 1.91 bits per heavy atom. The third-order valence-corrected chi connectivity index (χ3v) is 2.67. The molecule has 0 atom stereocenters. The number of aromatic nitrogens is 1. The zero-order valence-corrected chi connectivity index (χ0v) is 11.2. The number of rotatable bonds is 2. The molecule has 0 saturated heterocycles. The summed E-state index contributed by atoms with van der Waals surface area (Å²) in [7, 11) is 0. The molecular formula is C14H8F4N2O3. The Bertz CT molecular complexity index is 733. The molecule has 2 aromatic rings. The SMILES string of the molecule is O=C(ONC(=O)c1cc(C(F)(F)F)ccc1F)c1cccnc1. The van der Waals surface area contributed by atoms with Gasteiger partial charge in [0.25, 0.3) is 5.91 Å². The third-order valence-electron chi connectivity index (χ3n) is 2.67. The summed E-state index contributed by atoms with van der Waals surface area (Å²) >= 11 is 0. The van der Waals surface area contributed by atoms with Gasteiger partial charge < -0.3 is 4.84 Å². The highest BCUT2D eigenvalue weighted by atomic mass is 19.4. The quantitative estimate of drug-likeness (QED) is 0.680. The van der Waals surface area contributed by atoms with E-state index in [1.807, 2.05) is 0 Å². The number of carbonyl (C=O) groups excluding carboxylic acids is 2. The van der Waals surface area contributed by atoms with Gasteiger partial charge in [0.05, 0.1) is 16.7 Å². The van der Waals surface area contributed by atoms with E-state index in [1.54, 1.807) is 5.48 Å². The van der Waals surface area contributed by atoms with Gasteiger partial charge in [0.15, 0.2) is 0 Å². The van der Waals surface area contributed by atoms with E-state index in [0.29, 0.717) is 18.2 Å². The molecule has 0 aliphatic rings. The van der Waals surface area contributed by atoms with Crippen LogP contribution in [0.15, 0.2) is 42.7 Å². The first-order valence-electron chi connectivity index (χ1n) is 6.07. The van der Waals surface area contributed by atoms with Crippen LogP contribution in [-0.4, -0.2) is 16.9 Å². The van der Waals surface area contributed by atoms with Crippen molar-refractivity contribution in [2.75, 3.05) is 0 Å². The minimum Gasteiger partial charge on any atom is -0.335 e. The number of benzene rings is 1. The second-order valence-corrected chi connectivity index (χ2v) is 4.25. The number of hydroxylamine groups is 1. The third kappa shape index (κ3) is 4.02. The van der Waals surface area contributed by atoms with Gasteiger partial charge in [-0.15, -0.1) is 0 Å². The summed E-state index contributed by atoms with van der Waals surface area (Å²) in [5, 5.41) is 0. The summed E-state index contributed by atoms with van der Waals surface area (Å²) in [6.45, 7) is 0. The largest absolute Gasteiger partial charge is 0.416 e. The predicted octanol–water partition coefficient (Wildman–Crippen LogP) is 2.74. The molecule has 1 heterocycles. The molecule has 2 rings (SSSR count). The first kappa shape index (κ1) is 16.4. The summed E-state index contributed by atoms with van der Waals surface area (Å²) < 4.78 is 51.1. The molecule has 1 N–H and O–H groups in total. The summed E-state index contributed by atoms with van der Waals surface area (Å²) in [5.41, 5.74) is -0.519. The Balaban J connectivity index is 2.11. The van der Waals surface area contributed by atoms with Gasteiger partial charge in [-0.2, -0.15) is 18.7 Å². The van der Waals surface area contributed by atoms with Gasteiger partial charge in [-0.1, -0.05) is 0 Å². The summed E-state index contributed by atoms with van der Waals surface area (Å²) in [4.78, 5) is 31.3. The molecule has 0 spiro atoms. The average molecular weight is 328 g/mol. The smallest absolute Gasteiger partial charge is 0.335 e. The number of amides is 1. The Labute approximate surface area is 126 Å². The van der Waals surface area contributed by atoms with E-state index in [-0.39, 0.29) is 5.56 Å².